The van der Waals surface area contributed by atoms with Gasteiger partial charge in [-0.3, -0.25) is 14.4 Å². The molecule has 0 bridgehead atoms. The van der Waals surface area contributed by atoms with Crippen LogP contribution in [0.3, 0.4) is 0 Å². The Kier molecular flexibility index (Phi) is 23.6. The SMILES string of the molecule is CCCCCC(=O)OC(=O)CC(O)(CC(=O)OCCCCCCCCCCCCCCCCCC(C)C)C(=O)O. The number of carboxylic acids is 1. The van der Waals surface area contributed by atoms with Crippen LogP contribution in [0.5, 0.6) is 0 Å². The fourth-order valence-electron chi connectivity index (χ4n) is 4.61. The maximum absolute atomic E-state index is 12.1. The van der Waals surface area contributed by atoms with Crippen LogP contribution in [0.4, 0.5) is 0 Å². The van der Waals surface area contributed by atoms with Gasteiger partial charge in [-0.05, 0) is 18.8 Å². The van der Waals surface area contributed by atoms with Gasteiger partial charge >= 0.3 is 23.9 Å². The molecule has 0 aliphatic rings. The maximum atomic E-state index is 12.1. The van der Waals surface area contributed by atoms with Crippen molar-refractivity contribution in [3.05, 3.63) is 0 Å². The Morgan fingerprint density at radius 1 is 0.625 bits per heavy atom. The summed E-state index contributed by atoms with van der Waals surface area (Å²) in [5, 5.41) is 19.6. The molecule has 1 atom stereocenters. The number of carboxylic acid groups (broad SMARTS) is 1. The molecule has 8 nitrogen and oxygen atoms in total. The largest absolute Gasteiger partial charge is 0.479 e. The minimum Gasteiger partial charge on any atom is -0.479 e. The normalized spacial score (nSPS) is 12.7. The Bertz CT molecular complexity index is 690. The highest BCUT2D eigenvalue weighted by atomic mass is 16.6. The second-order valence-corrected chi connectivity index (χ2v) is 11.7. The predicted molar refractivity (Wildman–Crippen MR) is 157 cm³/mol. The number of aliphatic hydroxyl groups is 1. The predicted octanol–water partition coefficient (Wildman–Crippen LogP) is 7.67. The first-order chi connectivity index (χ1) is 19.1. The Morgan fingerprint density at radius 2 is 1.07 bits per heavy atom. The summed E-state index contributed by atoms with van der Waals surface area (Å²) in [5.74, 6) is -3.77. The molecular formula is C32H58O8. The smallest absolute Gasteiger partial charge is 0.336 e. The maximum Gasteiger partial charge on any atom is 0.336 e. The zero-order valence-electron chi connectivity index (χ0n) is 25.7. The molecule has 0 aromatic rings. The molecule has 1 unspecified atom stereocenters. The standard InChI is InChI=1S/C32H58O8/c1-4-5-19-23-28(33)40-30(35)26-32(38,31(36)37)25-29(34)39-24-21-18-16-14-12-10-8-6-7-9-11-13-15-17-20-22-27(2)3/h27,38H,4-26H2,1-3H3,(H,36,37). The summed E-state index contributed by atoms with van der Waals surface area (Å²) in [5.41, 5.74) is -2.68. The van der Waals surface area contributed by atoms with Crippen molar-refractivity contribution in [2.24, 2.45) is 5.92 Å². The summed E-state index contributed by atoms with van der Waals surface area (Å²) in [4.78, 5) is 47.1. The van der Waals surface area contributed by atoms with E-state index in [1.807, 2.05) is 6.92 Å². The molecule has 40 heavy (non-hydrogen) atoms. The third-order valence-corrected chi connectivity index (χ3v) is 7.17. The minimum atomic E-state index is -2.68. The van der Waals surface area contributed by atoms with Crippen molar-refractivity contribution in [2.75, 3.05) is 6.61 Å². The molecule has 0 aliphatic carbocycles. The van der Waals surface area contributed by atoms with Crippen LogP contribution in [0.25, 0.3) is 0 Å². The first kappa shape index (κ1) is 38.0. The van der Waals surface area contributed by atoms with Gasteiger partial charge < -0.3 is 19.7 Å². The van der Waals surface area contributed by atoms with Gasteiger partial charge in [0.25, 0.3) is 0 Å². The molecule has 234 valence electrons. The van der Waals surface area contributed by atoms with Crippen LogP contribution in [0.2, 0.25) is 0 Å². The van der Waals surface area contributed by atoms with Crippen molar-refractivity contribution in [3.63, 3.8) is 0 Å². The molecule has 0 aromatic heterocycles. The van der Waals surface area contributed by atoms with Crippen LogP contribution < -0.4 is 0 Å². The zero-order chi connectivity index (χ0) is 30.1. The molecule has 2 N–H and O–H groups in total. The number of carbonyl (C=O) groups is 4. The molecule has 0 amide bonds. The molecule has 8 heteroatoms. The fraction of sp³-hybridized carbons (Fsp3) is 0.875. The molecular weight excluding hydrogens is 512 g/mol. The van der Waals surface area contributed by atoms with Crippen molar-refractivity contribution in [1.29, 1.82) is 0 Å². The van der Waals surface area contributed by atoms with Gasteiger partial charge in [-0.1, -0.05) is 130 Å². The van der Waals surface area contributed by atoms with E-state index in [9.17, 15) is 29.4 Å². The Morgan fingerprint density at radius 3 is 1.52 bits per heavy atom. The van der Waals surface area contributed by atoms with E-state index in [-0.39, 0.29) is 13.0 Å². The van der Waals surface area contributed by atoms with E-state index in [1.54, 1.807) is 0 Å². The van der Waals surface area contributed by atoms with Gasteiger partial charge in [0, 0.05) is 6.42 Å². The van der Waals surface area contributed by atoms with E-state index in [1.165, 1.54) is 77.0 Å². The van der Waals surface area contributed by atoms with Crippen molar-refractivity contribution in [2.45, 2.75) is 168 Å². The summed E-state index contributed by atoms with van der Waals surface area (Å²) < 4.78 is 9.64. The summed E-state index contributed by atoms with van der Waals surface area (Å²) in [6, 6.07) is 0. The van der Waals surface area contributed by atoms with Gasteiger partial charge in [0.05, 0.1) is 19.4 Å². The van der Waals surface area contributed by atoms with Crippen LogP contribution in [-0.2, 0) is 28.7 Å². The Labute approximate surface area is 243 Å². The van der Waals surface area contributed by atoms with Crippen molar-refractivity contribution in [1.82, 2.24) is 0 Å². The molecule has 0 saturated heterocycles. The molecule has 0 heterocycles. The van der Waals surface area contributed by atoms with E-state index in [0.717, 1.165) is 38.0 Å². The molecule has 0 aliphatic heterocycles. The van der Waals surface area contributed by atoms with Gasteiger partial charge in [0.2, 0.25) is 0 Å². The number of esters is 3. The highest BCUT2D eigenvalue weighted by Gasteiger charge is 2.42. The summed E-state index contributed by atoms with van der Waals surface area (Å²) in [7, 11) is 0. The van der Waals surface area contributed by atoms with Gasteiger partial charge in [-0.2, -0.15) is 0 Å². The quantitative estimate of drug-likeness (QED) is 0.0585. The van der Waals surface area contributed by atoms with E-state index < -0.39 is 42.3 Å². The van der Waals surface area contributed by atoms with Gasteiger partial charge in [0.15, 0.2) is 5.60 Å². The first-order valence-electron chi connectivity index (χ1n) is 16.0. The minimum absolute atomic E-state index is 0.0338. The van der Waals surface area contributed by atoms with E-state index >= 15 is 0 Å². The number of hydrogen-bond donors (Lipinski definition) is 2. The van der Waals surface area contributed by atoms with Crippen LogP contribution in [-0.4, -0.2) is 46.3 Å². The lowest BCUT2D eigenvalue weighted by molar-refractivity contribution is -0.175. The van der Waals surface area contributed by atoms with Gasteiger partial charge in [-0.15, -0.1) is 0 Å². The van der Waals surface area contributed by atoms with E-state index in [2.05, 4.69) is 18.6 Å². The van der Waals surface area contributed by atoms with Crippen LogP contribution in [0.15, 0.2) is 0 Å². The lowest BCUT2D eigenvalue weighted by atomic mass is 9.96. The lowest BCUT2D eigenvalue weighted by Gasteiger charge is -2.21. The van der Waals surface area contributed by atoms with Gasteiger partial charge in [0.1, 0.15) is 0 Å². The third-order valence-electron chi connectivity index (χ3n) is 7.17. The summed E-state index contributed by atoms with van der Waals surface area (Å²) >= 11 is 0. The second kappa shape index (κ2) is 24.8. The molecule has 0 spiro atoms. The van der Waals surface area contributed by atoms with Crippen molar-refractivity contribution >= 4 is 23.9 Å². The number of ether oxygens (including phenoxy) is 2. The molecule has 0 saturated carbocycles. The summed E-state index contributed by atoms with van der Waals surface area (Å²) in [6.45, 7) is 6.68. The van der Waals surface area contributed by atoms with Gasteiger partial charge in [-0.25, -0.2) is 4.79 Å². The molecule has 0 radical (unpaired) electrons. The van der Waals surface area contributed by atoms with Crippen molar-refractivity contribution < 1.29 is 38.9 Å². The number of aliphatic carboxylic acids is 1. The monoisotopic (exact) mass is 570 g/mol. The number of unbranched alkanes of at least 4 members (excludes halogenated alkanes) is 16. The van der Waals surface area contributed by atoms with E-state index in [0.29, 0.717) is 12.8 Å². The molecule has 0 fully saturated rings. The third kappa shape index (κ3) is 22.8. The van der Waals surface area contributed by atoms with Crippen LogP contribution >= 0.6 is 0 Å². The molecule has 0 rings (SSSR count). The lowest BCUT2D eigenvalue weighted by Crippen LogP contribution is -2.43. The van der Waals surface area contributed by atoms with E-state index in [4.69, 9.17) is 4.74 Å². The van der Waals surface area contributed by atoms with Crippen LogP contribution in [0, 0.1) is 5.92 Å². The highest BCUT2D eigenvalue weighted by molar-refractivity contribution is 5.92. The molecule has 0 aromatic carbocycles. The number of hydrogen-bond acceptors (Lipinski definition) is 7. The van der Waals surface area contributed by atoms with Crippen LogP contribution in [0.1, 0.15) is 162 Å². The Balaban J connectivity index is 3.78. The summed E-state index contributed by atoms with van der Waals surface area (Å²) in [6.07, 6.45) is 20.2. The Hall–Kier alpha value is -1.96. The fourth-order valence-corrected chi connectivity index (χ4v) is 4.61. The topological polar surface area (TPSA) is 127 Å². The van der Waals surface area contributed by atoms with Crippen molar-refractivity contribution in [3.8, 4) is 0 Å². The second-order valence-electron chi connectivity index (χ2n) is 11.7. The first-order valence-corrected chi connectivity index (χ1v) is 16.0. The zero-order valence-corrected chi connectivity index (χ0v) is 25.7. The average molecular weight is 571 g/mol. The number of carbonyl (C=O) groups excluding carboxylic acids is 3. The average Bonchev–Trinajstić information content (AvgIpc) is 2.87. The highest BCUT2D eigenvalue weighted by Crippen LogP contribution is 2.19. The number of rotatable bonds is 27.